The van der Waals surface area contributed by atoms with Crippen LogP contribution in [0, 0.1) is 46.3 Å². The van der Waals surface area contributed by atoms with Gasteiger partial charge in [-0.15, -0.1) is 0 Å². The second kappa shape index (κ2) is 12.5. The lowest BCUT2D eigenvalue weighted by molar-refractivity contribution is 0.0601. The van der Waals surface area contributed by atoms with Gasteiger partial charge in [0.25, 0.3) is 0 Å². The molecule has 3 fully saturated rings. The third kappa shape index (κ3) is 6.50. The van der Waals surface area contributed by atoms with E-state index < -0.39 is 0 Å². The molecule has 0 N–H and O–H groups in total. The molecule has 0 aromatic rings. The minimum Gasteiger partial charge on any atom is -0.198 e. The van der Waals surface area contributed by atoms with Gasteiger partial charge >= 0.3 is 0 Å². The highest BCUT2D eigenvalue weighted by molar-refractivity contribution is 5.06. The molecular formula is C29H51N. The maximum atomic E-state index is 10.2. The van der Waals surface area contributed by atoms with E-state index >= 15 is 0 Å². The standard InChI is InChI=1S/C29H51N/c1-3-5-7-8-10-25-13-17-28(18-14-25)29(23-30)21-19-27(20-22-29)26-15-11-24(12-16-26)9-6-4-2/h24-28H,3-22H2,1-2H3. The normalized spacial score (nSPS) is 37.6. The van der Waals surface area contributed by atoms with E-state index in [1.165, 1.54) is 128 Å². The maximum Gasteiger partial charge on any atom is 0.0692 e. The summed E-state index contributed by atoms with van der Waals surface area (Å²) >= 11 is 0. The molecule has 172 valence electrons. The Morgan fingerprint density at radius 2 is 1.17 bits per heavy atom. The zero-order valence-electron chi connectivity index (χ0n) is 20.5. The van der Waals surface area contributed by atoms with Gasteiger partial charge in [0, 0.05) is 0 Å². The molecule has 3 rings (SSSR count). The van der Waals surface area contributed by atoms with Crippen molar-refractivity contribution in [3.05, 3.63) is 0 Å². The third-order valence-electron chi connectivity index (χ3n) is 9.76. The Labute approximate surface area is 188 Å². The lowest BCUT2D eigenvalue weighted by Crippen LogP contribution is -2.38. The Bertz CT molecular complexity index is 493. The largest absolute Gasteiger partial charge is 0.198 e. The molecule has 1 nitrogen and oxygen atoms in total. The minimum absolute atomic E-state index is 0.0437. The van der Waals surface area contributed by atoms with Crippen LogP contribution >= 0.6 is 0 Å². The lowest BCUT2D eigenvalue weighted by atomic mass is 9.57. The number of nitriles is 1. The van der Waals surface area contributed by atoms with Crippen molar-refractivity contribution in [1.82, 2.24) is 0 Å². The second-order valence-electron chi connectivity index (χ2n) is 11.6. The molecule has 0 aromatic carbocycles. The highest BCUT2D eigenvalue weighted by Gasteiger charge is 2.44. The van der Waals surface area contributed by atoms with Gasteiger partial charge in [0.15, 0.2) is 0 Å². The SMILES string of the molecule is CCCCCCC1CCC(C2(C#N)CCC(C3CCC(CCCC)CC3)CC2)CC1. The summed E-state index contributed by atoms with van der Waals surface area (Å²) in [6.07, 6.45) is 28.0. The average molecular weight is 414 g/mol. The van der Waals surface area contributed by atoms with Gasteiger partial charge in [0.2, 0.25) is 0 Å². The van der Waals surface area contributed by atoms with Crippen LogP contribution in [0.4, 0.5) is 0 Å². The predicted octanol–water partition coefficient (Wildman–Crippen LogP) is 9.46. The number of nitrogens with zero attached hydrogens (tertiary/aromatic N) is 1. The summed E-state index contributed by atoms with van der Waals surface area (Å²) in [4.78, 5) is 0. The first kappa shape index (κ1) is 24.1. The van der Waals surface area contributed by atoms with Crippen LogP contribution in [-0.2, 0) is 0 Å². The fourth-order valence-corrected chi connectivity index (χ4v) is 7.54. The first-order valence-corrected chi connectivity index (χ1v) is 14.1. The molecule has 0 atom stereocenters. The maximum absolute atomic E-state index is 10.2. The molecule has 0 amide bonds. The predicted molar refractivity (Wildman–Crippen MR) is 129 cm³/mol. The minimum atomic E-state index is 0.0437. The molecule has 0 saturated heterocycles. The molecule has 3 aliphatic rings. The Morgan fingerprint density at radius 3 is 1.73 bits per heavy atom. The van der Waals surface area contributed by atoms with Gasteiger partial charge in [0.1, 0.15) is 0 Å². The molecule has 0 bridgehead atoms. The van der Waals surface area contributed by atoms with Crippen molar-refractivity contribution in [2.24, 2.45) is 35.0 Å². The van der Waals surface area contributed by atoms with Gasteiger partial charge in [-0.05, 0) is 81.0 Å². The molecule has 3 saturated carbocycles. The van der Waals surface area contributed by atoms with E-state index in [2.05, 4.69) is 19.9 Å². The van der Waals surface area contributed by atoms with E-state index in [4.69, 9.17) is 0 Å². The van der Waals surface area contributed by atoms with Crippen molar-refractivity contribution >= 4 is 0 Å². The summed E-state index contributed by atoms with van der Waals surface area (Å²) in [5, 5.41) is 10.2. The number of hydrogen-bond acceptors (Lipinski definition) is 1. The molecular weight excluding hydrogens is 362 g/mol. The molecule has 0 heterocycles. The second-order valence-corrected chi connectivity index (χ2v) is 11.6. The molecule has 0 aliphatic heterocycles. The zero-order chi connectivity index (χ0) is 21.2. The summed E-state index contributed by atoms with van der Waals surface area (Å²) in [6.45, 7) is 4.63. The third-order valence-corrected chi connectivity index (χ3v) is 9.76. The summed E-state index contributed by atoms with van der Waals surface area (Å²) in [5.74, 6) is 4.63. The van der Waals surface area contributed by atoms with Gasteiger partial charge in [-0.25, -0.2) is 0 Å². The Balaban J connectivity index is 1.40. The summed E-state index contributed by atoms with van der Waals surface area (Å²) in [5.41, 5.74) is 0.0437. The van der Waals surface area contributed by atoms with Crippen LogP contribution in [0.2, 0.25) is 0 Å². The van der Waals surface area contributed by atoms with Crippen molar-refractivity contribution in [2.45, 2.75) is 142 Å². The van der Waals surface area contributed by atoms with E-state index in [-0.39, 0.29) is 5.41 Å². The van der Waals surface area contributed by atoms with Gasteiger partial charge in [-0.1, -0.05) is 90.9 Å². The van der Waals surface area contributed by atoms with Gasteiger partial charge in [-0.2, -0.15) is 5.26 Å². The van der Waals surface area contributed by atoms with Crippen LogP contribution in [0.5, 0.6) is 0 Å². The molecule has 0 unspecified atom stereocenters. The molecule has 0 radical (unpaired) electrons. The topological polar surface area (TPSA) is 23.8 Å². The molecule has 3 aliphatic carbocycles. The van der Waals surface area contributed by atoms with Crippen LogP contribution < -0.4 is 0 Å². The van der Waals surface area contributed by atoms with Crippen molar-refractivity contribution in [3.63, 3.8) is 0 Å². The smallest absolute Gasteiger partial charge is 0.0692 e. The van der Waals surface area contributed by atoms with Gasteiger partial charge in [0.05, 0.1) is 11.5 Å². The molecule has 1 heteroatoms. The molecule has 30 heavy (non-hydrogen) atoms. The van der Waals surface area contributed by atoms with E-state index in [9.17, 15) is 5.26 Å². The van der Waals surface area contributed by atoms with Crippen molar-refractivity contribution in [2.75, 3.05) is 0 Å². The first-order chi connectivity index (χ1) is 14.7. The Hall–Kier alpha value is -0.510. The summed E-state index contributed by atoms with van der Waals surface area (Å²) in [6, 6.07) is 2.92. The van der Waals surface area contributed by atoms with Gasteiger partial charge < -0.3 is 0 Å². The quantitative estimate of drug-likeness (QED) is 0.327. The fraction of sp³-hybridized carbons (Fsp3) is 0.966. The Morgan fingerprint density at radius 1 is 0.633 bits per heavy atom. The highest BCUT2D eigenvalue weighted by atomic mass is 14.5. The zero-order valence-corrected chi connectivity index (χ0v) is 20.5. The van der Waals surface area contributed by atoms with E-state index in [0.29, 0.717) is 5.92 Å². The summed E-state index contributed by atoms with van der Waals surface area (Å²) < 4.78 is 0. The Kier molecular flexibility index (Phi) is 10.1. The fourth-order valence-electron chi connectivity index (χ4n) is 7.54. The lowest BCUT2D eigenvalue weighted by Gasteiger charge is -2.46. The van der Waals surface area contributed by atoms with Crippen molar-refractivity contribution < 1.29 is 0 Å². The van der Waals surface area contributed by atoms with Crippen molar-refractivity contribution in [1.29, 1.82) is 5.26 Å². The van der Waals surface area contributed by atoms with Crippen LogP contribution in [0.3, 0.4) is 0 Å². The van der Waals surface area contributed by atoms with Crippen molar-refractivity contribution in [3.8, 4) is 6.07 Å². The van der Waals surface area contributed by atoms with E-state index in [0.717, 1.165) is 23.7 Å². The van der Waals surface area contributed by atoms with Crippen LogP contribution in [0.25, 0.3) is 0 Å². The van der Waals surface area contributed by atoms with Crippen LogP contribution in [0.15, 0.2) is 0 Å². The van der Waals surface area contributed by atoms with E-state index in [1.54, 1.807) is 0 Å². The first-order valence-electron chi connectivity index (χ1n) is 14.1. The van der Waals surface area contributed by atoms with E-state index in [1.807, 2.05) is 0 Å². The number of unbranched alkanes of at least 4 members (excludes halogenated alkanes) is 4. The monoisotopic (exact) mass is 413 g/mol. The number of rotatable bonds is 10. The average Bonchev–Trinajstić information content (AvgIpc) is 2.81. The molecule has 0 spiro atoms. The molecule has 0 aromatic heterocycles. The highest BCUT2D eigenvalue weighted by Crippen LogP contribution is 2.52. The summed E-state index contributed by atoms with van der Waals surface area (Å²) in [7, 11) is 0. The van der Waals surface area contributed by atoms with Crippen LogP contribution in [0.1, 0.15) is 142 Å². The van der Waals surface area contributed by atoms with Crippen LogP contribution in [-0.4, -0.2) is 0 Å². The number of hydrogen-bond donors (Lipinski definition) is 0. The van der Waals surface area contributed by atoms with Gasteiger partial charge in [-0.3, -0.25) is 0 Å².